The SMILES string of the molecule is C[C@@H]1[C@H](Oc2nc(OC[C@@]34CCCN3C[C@H](F)C4)nc3c(F)c(Br)ncc23)CCN1C(=O)O. The Morgan fingerprint density at radius 1 is 1.39 bits per heavy atom. The second-order valence-electron chi connectivity index (χ2n) is 8.96. The number of fused-ring (bicyclic) bond motifs is 2. The molecule has 5 heterocycles. The molecular formula is C21H24BrF2N5O4. The van der Waals surface area contributed by atoms with Crippen molar-refractivity contribution >= 4 is 32.9 Å². The number of carbonyl (C=O) groups is 1. The van der Waals surface area contributed by atoms with Crippen molar-refractivity contribution in [2.24, 2.45) is 0 Å². The fraction of sp³-hybridized carbons (Fsp3) is 0.619. The highest BCUT2D eigenvalue weighted by molar-refractivity contribution is 9.10. The van der Waals surface area contributed by atoms with Gasteiger partial charge in [0.2, 0.25) is 5.88 Å². The fourth-order valence-corrected chi connectivity index (χ4v) is 5.56. The fourth-order valence-electron chi connectivity index (χ4n) is 5.27. The number of carboxylic acid groups (broad SMARTS) is 1. The highest BCUT2D eigenvalue weighted by atomic mass is 79.9. The van der Waals surface area contributed by atoms with Gasteiger partial charge in [-0.2, -0.15) is 9.97 Å². The number of amides is 1. The van der Waals surface area contributed by atoms with Crippen LogP contribution in [0.1, 0.15) is 32.6 Å². The first kappa shape index (κ1) is 22.5. The molecule has 33 heavy (non-hydrogen) atoms. The highest BCUT2D eigenvalue weighted by Gasteiger charge is 2.49. The van der Waals surface area contributed by atoms with Gasteiger partial charge in [-0.05, 0) is 42.2 Å². The van der Waals surface area contributed by atoms with Gasteiger partial charge >= 0.3 is 12.1 Å². The average molecular weight is 528 g/mol. The maximum absolute atomic E-state index is 14.9. The Morgan fingerprint density at radius 2 is 2.21 bits per heavy atom. The Kier molecular flexibility index (Phi) is 5.76. The van der Waals surface area contributed by atoms with E-state index in [0.29, 0.717) is 25.9 Å². The van der Waals surface area contributed by atoms with Crippen molar-refractivity contribution < 1.29 is 28.2 Å². The molecule has 0 radical (unpaired) electrons. The van der Waals surface area contributed by atoms with Gasteiger partial charge in [-0.15, -0.1) is 0 Å². The Bertz CT molecular complexity index is 1090. The number of ether oxygens (including phenoxy) is 2. The van der Waals surface area contributed by atoms with E-state index in [9.17, 15) is 18.7 Å². The summed E-state index contributed by atoms with van der Waals surface area (Å²) in [4.78, 5) is 27.4. The summed E-state index contributed by atoms with van der Waals surface area (Å²) in [5.41, 5.74) is -0.425. The number of rotatable bonds is 5. The van der Waals surface area contributed by atoms with Crippen LogP contribution in [0.15, 0.2) is 10.8 Å². The largest absolute Gasteiger partial charge is 0.471 e. The number of halogens is 3. The smallest absolute Gasteiger partial charge is 0.407 e. The molecule has 3 saturated heterocycles. The minimum absolute atomic E-state index is 0.00601. The van der Waals surface area contributed by atoms with Gasteiger partial charge < -0.3 is 19.5 Å². The van der Waals surface area contributed by atoms with Crippen molar-refractivity contribution in [1.82, 2.24) is 24.8 Å². The standard InChI is InChI=1S/C21H24BrF2N5O4/c1-11-14(3-6-29(11)20(30)31)33-18-13-8-25-17(22)15(24)16(13)26-19(27-18)32-10-21-4-2-5-28(21)9-12(23)7-21/h8,11-12,14H,2-7,9-10H2,1H3,(H,30,31)/t11-,12-,14-,21+/m1/s1. The molecule has 12 heteroatoms. The third-order valence-corrected chi connectivity index (χ3v) is 7.56. The molecule has 3 aliphatic rings. The predicted octanol–water partition coefficient (Wildman–Crippen LogP) is 3.40. The molecule has 1 N–H and O–H groups in total. The number of hydrogen-bond donors (Lipinski definition) is 1. The van der Waals surface area contributed by atoms with Gasteiger partial charge in [0.05, 0.1) is 17.0 Å². The maximum atomic E-state index is 14.9. The molecule has 9 nitrogen and oxygen atoms in total. The van der Waals surface area contributed by atoms with Gasteiger partial charge in [-0.25, -0.2) is 18.6 Å². The van der Waals surface area contributed by atoms with Crippen molar-refractivity contribution in [2.75, 3.05) is 26.2 Å². The van der Waals surface area contributed by atoms with E-state index < -0.39 is 35.8 Å². The normalized spacial score (nSPS) is 29.6. The summed E-state index contributed by atoms with van der Waals surface area (Å²) in [6.07, 6.45) is 1.66. The van der Waals surface area contributed by atoms with Crippen molar-refractivity contribution in [3.05, 3.63) is 16.6 Å². The van der Waals surface area contributed by atoms with Crippen molar-refractivity contribution in [3.8, 4) is 11.9 Å². The summed E-state index contributed by atoms with van der Waals surface area (Å²) < 4.78 is 40.9. The third kappa shape index (κ3) is 3.96. The van der Waals surface area contributed by atoms with E-state index >= 15 is 0 Å². The van der Waals surface area contributed by atoms with Crippen LogP contribution in [0.4, 0.5) is 13.6 Å². The number of nitrogens with zero attached hydrogens (tertiary/aromatic N) is 5. The zero-order chi connectivity index (χ0) is 23.3. The van der Waals surface area contributed by atoms with Gasteiger partial charge in [-0.3, -0.25) is 4.90 Å². The number of pyridine rings is 1. The van der Waals surface area contributed by atoms with E-state index in [2.05, 4.69) is 35.8 Å². The van der Waals surface area contributed by atoms with E-state index in [4.69, 9.17) is 9.47 Å². The monoisotopic (exact) mass is 527 g/mol. The summed E-state index contributed by atoms with van der Waals surface area (Å²) in [6, 6.07) is -0.477. The van der Waals surface area contributed by atoms with Crippen molar-refractivity contribution in [2.45, 2.75) is 56.5 Å². The zero-order valence-corrected chi connectivity index (χ0v) is 19.6. The molecule has 0 unspecified atom stereocenters. The van der Waals surface area contributed by atoms with E-state index in [-0.39, 0.29) is 34.0 Å². The van der Waals surface area contributed by atoms with Gasteiger partial charge in [0.15, 0.2) is 5.82 Å². The lowest BCUT2D eigenvalue weighted by atomic mass is 9.95. The lowest BCUT2D eigenvalue weighted by Crippen LogP contribution is -2.43. The van der Waals surface area contributed by atoms with Gasteiger partial charge in [-0.1, -0.05) is 0 Å². The molecule has 178 valence electrons. The molecule has 2 aromatic rings. The Morgan fingerprint density at radius 3 is 2.97 bits per heavy atom. The second kappa shape index (κ2) is 8.46. The second-order valence-corrected chi connectivity index (χ2v) is 9.71. The van der Waals surface area contributed by atoms with Crippen LogP contribution >= 0.6 is 15.9 Å². The summed E-state index contributed by atoms with van der Waals surface area (Å²) in [5, 5.41) is 9.60. The zero-order valence-electron chi connectivity index (χ0n) is 18.0. The summed E-state index contributed by atoms with van der Waals surface area (Å²) in [5.74, 6) is -0.602. The quantitative estimate of drug-likeness (QED) is 0.590. The molecule has 5 rings (SSSR count). The lowest BCUT2D eigenvalue weighted by molar-refractivity contribution is 0.103. The topological polar surface area (TPSA) is 101 Å². The Balaban J connectivity index is 1.45. The van der Waals surface area contributed by atoms with Crippen LogP contribution in [0, 0.1) is 5.82 Å². The first-order valence-corrected chi connectivity index (χ1v) is 11.8. The first-order valence-electron chi connectivity index (χ1n) is 11.0. The molecular weight excluding hydrogens is 504 g/mol. The summed E-state index contributed by atoms with van der Waals surface area (Å²) >= 11 is 3.07. The number of alkyl halides is 1. The number of hydrogen-bond acceptors (Lipinski definition) is 7. The molecule has 3 aliphatic heterocycles. The Hall–Kier alpha value is -2.34. The Labute approximate surface area is 197 Å². The van der Waals surface area contributed by atoms with Crippen LogP contribution in [-0.4, -0.2) is 86.0 Å². The molecule has 1 amide bonds. The van der Waals surface area contributed by atoms with E-state index in [1.807, 2.05) is 0 Å². The van der Waals surface area contributed by atoms with Crippen LogP contribution in [0.2, 0.25) is 0 Å². The van der Waals surface area contributed by atoms with Crippen LogP contribution in [-0.2, 0) is 0 Å². The van der Waals surface area contributed by atoms with E-state index in [1.54, 1.807) is 6.92 Å². The van der Waals surface area contributed by atoms with Crippen LogP contribution < -0.4 is 9.47 Å². The predicted molar refractivity (Wildman–Crippen MR) is 117 cm³/mol. The van der Waals surface area contributed by atoms with Gasteiger partial charge in [0, 0.05) is 32.1 Å². The molecule has 0 saturated carbocycles. The molecule has 0 spiro atoms. The van der Waals surface area contributed by atoms with Crippen molar-refractivity contribution in [3.63, 3.8) is 0 Å². The lowest BCUT2D eigenvalue weighted by Gasteiger charge is -2.30. The van der Waals surface area contributed by atoms with Crippen molar-refractivity contribution in [1.29, 1.82) is 0 Å². The molecule has 3 fully saturated rings. The van der Waals surface area contributed by atoms with Crippen LogP contribution in [0.3, 0.4) is 0 Å². The molecule has 2 aromatic heterocycles. The van der Waals surface area contributed by atoms with E-state index in [0.717, 1.165) is 19.4 Å². The molecule has 0 aromatic carbocycles. The molecule has 0 aliphatic carbocycles. The average Bonchev–Trinajstić information content (AvgIpc) is 3.41. The van der Waals surface area contributed by atoms with Crippen LogP contribution in [0.25, 0.3) is 10.9 Å². The summed E-state index contributed by atoms with van der Waals surface area (Å²) in [6.45, 7) is 3.49. The van der Waals surface area contributed by atoms with E-state index in [1.165, 1.54) is 11.1 Å². The number of likely N-dealkylation sites (tertiary alicyclic amines) is 1. The van der Waals surface area contributed by atoms with Gasteiger partial charge in [0.1, 0.15) is 29.0 Å². The first-order chi connectivity index (χ1) is 15.8. The third-order valence-electron chi connectivity index (χ3n) is 7.01. The number of aromatic nitrogens is 3. The maximum Gasteiger partial charge on any atom is 0.407 e. The minimum Gasteiger partial charge on any atom is -0.471 e. The van der Waals surface area contributed by atoms with Crippen LogP contribution in [0.5, 0.6) is 11.9 Å². The van der Waals surface area contributed by atoms with Gasteiger partial charge in [0.25, 0.3) is 0 Å². The molecule has 4 atom stereocenters. The molecule has 0 bridgehead atoms. The minimum atomic E-state index is -1.02. The highest BCUT2D eigenvalue weighted by Crippen LogP contribution is 2.40. The summed E-state index contributed by atoms with van der Waals surface area (Å²) in [7, 11) is 0.